The number of rotatable bonds is 8. The predicted octanol–water partition coefficient (Wildman–Crippen LogP) is 3.65. The Balaban J connectivity index is 2.16. The zero-order valence-corrected chi connectivity index (χ0v) is 14.9. The van der Waals surface area contributed by atoms with Gasteiger partial charge in [-0.05, 0) is 31.2 Å². The van der Waals surface area contributed by atoms with Crippen LogP contribution in [0.15, 0.2) is 24.3 Å². The van der Waals surface area contributed by atoms with Gasteiger partial charge in [-0.2, -0.15) is 5.10 Å². The Labute approximate surface area is 153 Å². The highest BCUT2D eigenvalue weighted by atomic mass is 19.3. The molecule has 2 aromatic rings. The normalized spacial score (nSPS) is 12.3. The summed E-state index contributed by atoms with van der Waals surface area (Å²) in [5.74, 6) is 0.370. The van der Waals surface area contributed by atoms with Crippen LogP contribution in [0, 0.1) is 0 Å². The van der Waals surface area contributed by atoms with E-state index < -0.39 is 42.7 Å². The maximum Gasteiger partial charge on any atom is 0.282 e. The lowest BCUT2D eigenvalue weighted by molar-refractivity contribution is -0.122. The minimum Gasteiger partial charge on any atom is -0.497 e. The van der Waals surface area contributed by atoms with Crippen molar-refractivity contribution in [3.05, 3.63) is 41.2 Å². The summed E-state index contributed by atoms with van der Waals surface area (Å²) >= 11 is 0. The fourth-order valence-corrected chi connectivity index (χ4v) is 2.54. The quantitative estimate of drug-likeness (QED) is 0.700. The van der Waals surface area contributed by atoms with Crippen LogP contribution >= 0.6 is 0 Å². The molecule has 0 spiro atoms. The molecule has 0 fully saturated rings. The molecule has 1 unspecified atom stereocenters. The topological polar surface area (TPSA) is 65.4 Å². The first-order valence-corrected chi connectivity index (χ1v) is 7.92. The van der Waals surface area contributed by atoms with E-state index in [4.69, 9.17) is 9.47 Å². The van der Waals surface area contributed by atoms with Crippen molar-refractivity contribution >= 4 is 5.91 Å². The van der Waals surface area contributed by atoms with Gasteiger partial charge in [-0.3, -0.25) is 9.48 Å². The van der Waals surface area contributed by atoms with E-state index in [2.05, 4.69) is 10.4 Å². The Bertz CT molecular complexity index is 796. The minimum absolute atomic E-state index is 0.496. The number of alkyl halides is 4. The highest BCUT2D eigenvalue weighted by Crippen LogP contribution is 2.29. The third-order valence-corrected chi connectivity index (χ3v) is 3.85. The molecule has 1 atom stereocenters. The Hall–Kier alpha value is -2.78. The van der Waals surface area contributed by atoms with Gasteiger partial charge in [-0.25, -0.2) is 17.6 Å². The molecule has 10 heteroatoms. The molecular formula is C17H19F4N3O3. The Morgan fingerprint density at radius 2 is 1.85 bits per heavy atom. The molecule has 1 aromatic carbocycles. The van der Waals surface area contributed by atoms with Crippen LogP contribution in [0.1, 0.15) is 42.8 Å². The van der Waals surface area contributed by atoms with E-state index in [9.17, 15) is 22.4 Å². The maximum absolute atomic E-state index is 13.0. The lowest BCUT2D eigenvalue weighted by Crippen LogP contribution is -2.31. The largest absolute Gasteiger partial charge is 0.497 e. The van der Waals surface area contributed by atoms with E-state index in [1.54, 1.807) is 25.1 Å². The zero-order valence-electron chi connectivity index (χ0n) is 14.9. The van der Waals surface area contributed by atoms with Crippen LogP contribution in [0.3, 0.4) is 0 Å². The number of hydrogen-bond donors (Lipinski definition) is 1. The first-order valence-electron chi connectivity index (χ1n) is 7.92. The number of aromatic nitrogens is 2. The molecular weight excluding hydrogens is 370 g/mol. The van der Waals surface area contributed by atoms with Crippen LogP contribution in [-0.4, -0.2) is 29.9 Å². The Morgan fingerprint density at radius 3 is 2.41 bits per heavy atom. The summed E-state index contributed by atoms with van der Waals surface area (Å²) in [7, 11) is 2.95. The SMILES string of the molecule is COc1ccc(OC)c(C(C)NC(=O)Cn2nc(C(F)F)cc2C(F)F)c1. The molecule has 1 aromatic heterocycles. The lowest BCUT2D eigenvalue weighted by Gasteiger charge is -2.18. The van der Waals surface area contributed by atoms with Crippen molar-refractivity contribution in [2.24, 2.45) is 0 Å². The number of hydrogen-bond acceptors (Lipinski definition) is 4. The first-order chi connectivity index (χ1) is 12.8. The third-order valence-electron chi connectivity index (χ3n) is 3.85. The van der Waals surface area contributed by atoms with E-state index in [-0.39, 0.29) is 0 Å². The molecule has 0 saturated carbocycles. The second-order valence-corrected chi connectivity index (χ2v) is 5.65. The van der Waals surface area contributed by atoms with Crippen LogP contribution in [-0.2, 0) is 11.3 Å². The number of amides is 1. The molecule has 6 nitrogen and oxygen atoms in total. The number of benzene rings is 1. The van der Waals surface area contributed by atoms with E-state index in [1.807, 2.05) is 0 Å². The molecule has 0 radical (unpaired) electrons. The average Bonchev–Trinajstić information content (AvgIpc) is 3.05. The Kier molecular flexibility index (Phi) is 6.65. The fourth-order valence-electron chi connectivity index (χ4n) is 2.54. The van der Waals surface area contributed by atoms with Gasteiger partial charge in [0.15, 0.2) is 0 Å². The summed E-state index contributed by atoms with van der Waals surface area (Å²) in [4.78, 5) is 12.2. The van der Waals surface area contributed by atoms with Crippen molar-refractivity contribution in [2.45, 2.75) is 32.4 Å². The molecule has 27 heavy (non-hydrogen) atoms. The van der Waals surface area contributed by atoms with Gasteiger partial charge in [0.1, 0.15) is 29.4 Å². The second kappa shape index (κ2) is 8.74. The number of carbonyl (C=O) groups is 1. The van der Waals surface area contributed by atoms with Gasteiger partial charge in [0, 0.05) is 5.56 Å². The van der Waals surface area contributed by atoms with Gasteiger partial charge in [-0.1, -0.05) is 0 Å². The van der Waals surface area contributed by atoms with Crippen LogP contribution in [0.4, 0.5) is 17.6 Å². The van der Waals surface area contributed by atoms with Gasteiger partial charge in [0.05, 0.1) is 20.3 Å². The van der Waals surface area contributed by atoms with Crippen LogP contribution < -0.4 is 14.8 Å². The van der Waals surface area contributed by atoms with E-state index in [1.165, 1.54) is 14.2 Å². The van der Waals surface area contributed by atoms with Crippen LogP contribution in [0.2, 0.25) is 0 Å². The lowest BCUT2D eigenvalue weighted by atomic mass is 10.1. The van der Waals surface area contributed by atoms with Crippen molar-refractivity contribution in [1.82, 2.24) is 15.1 Å². The number of nitrogens with zero attached hydrogens (tertiary/aromatic N) is 2. The Morgan fingerprint density at radius 1 is 1.15 bits per heavy atom. The van der Waals surface area contributed by atoms with Gasteiger partial charge in [0.2, 0.25) is 5.91 Å². The number of ether oxygens (including phenoxy) is 2. The molecule has 148 valence electrons. The summed E-state index contributed by atoms with van der Waals surface area (Å²) in [6.45, 7) is 1.04. The number of halogens is 4. The van der Waals surface area contributed by atoms with Crippen molar-refractivity contribution < 1.29 is 31.8 Å². The predicted molar refractivity (Wildman–Crippen MR) is 88.2 cm³/mol. The number of nitrogens with one attached hydrogen (secondary N) is 1. The van der Waals surface area contributed by atoms with Crippen LogP contribution in [0.5, 0.6) is 11.5 Å². The molecule has 1 amide bonds. The van der Waals surface area contributed by atoms with Crippen LogP contribution in [0.25, 0.3) is 0 Å². The highest BCUT2D eigenvalue weighted by Gasteiger charge is 2.23. The number of methoxy groups -OCH3 is 2. The molecule has 0 aliphatic carbocycles. The third kappa shape index (κ3) is 4.89. The molecule has 0 aliphatic rings. The smallest absolute Gasteiger partial charge is 0.282 e. The summed E-state index contributed by atoms with van der Waals surface area (Å²) in [6, 6.07) is 5.05. The minimum atomic E-state index is -3.03. The van der Waals surface area contributed by atoms with E-state index in [0.717, 1.165) is 0 Å². The fraction of sp³-hybridized carbons (Fsp3) is 0.412. The summed E-state index contributed by atoms with van der Waals surface area (Å²) in [5.41, 5.74) is -0.944. The molecule has 2 rings (SSSR count). The van der Waals surface area contributed by atoms with Gasteiger partial charge < -0.3 is 14.8 Å². The molecule has 0 bridgehead atoms. The van der Waals surface area contributed by atoms with Crippen molar-refractivity contribution in [3.8, 4) is 11.5 Å². The summed E-state index contributed by atoms with van der Waals surface area (Å²) in [5, 5.41) is 6.00. The molecule has 1 N–H and O–H groups in total. The van der Waals surface area contributed by atoms with E-state index >= 15 is 0 Å². The van der Waals surface area contributed by atoms with Crippen molar-refractivity contribution in [2.75, 3.05) is 14.2 Å². The molecule has 0 saturated heterocycles. The van der Waals surface area contributed by atoms with E-state index in [0.29, 0.717) is 27.8 Å². The summed E-state index contributed by atoms with van der Waals surface area (Å²) < 4.78 is 62.3. The molecule has 1 heterocycles. The van der Waals surface area contributed by atoms with Crippen molar-refractivity contribution in [3.63, 3.8) is 0 Å². The maximum atomic E-state index is 13.0. The monoisotopic (exact) mass is 389 g/mol. The first kappa shape index (κ1) is 20.5. The van der Waals surface area contributed by atoms with Gasteiger partial charge in [0.25, 0.3) is 12.9 Å². The summed E-state index contributed by atoms with van der Waals surface area (Å²) in [6.07, 6.45) is -6.04. The van der Waals surface area contributed by atoms with Gasteiger partial charge in [-0.15, -0.1) is 0 Å². The van der Waals surface area contributed by atoms with Crippen molar-refractivity contribution in [1.29, 1.82) is 0 Å². The standard InChI is InChI=1S/C17H19F4N3O3/c1-9(11-6-10(26-2)4-5-14(11)27-3)22-15(25)8-24-13(17(20)21)7-12(23-24)16(18)19/h4-7,9,16-17H,8H2,1-3H3,(H,22,25). The zero-order chi connectivity index (χ0) is 20.1. The molecule has 0 aliphatic heterocycles. The second-order valence-electron chi connectivity index (χ2n) is 5.65. The average molecular weight is 389 g/mol. The van der Waals surface area contributed by atoms with Gasteiger partial charge >= 0.3 is 0 Å². The number of carbonyl (C=O) groups excluding carboxylic acids is 1. The highest BCUT2D eigenvalue weighted by molar-refractivity contribution is 5.76.